The van der Waals surface area contributed by atoms with Gasteiger partial charge in [-0.3, -0.25) is 4.90 Å². The Labute approximate surface area is 213 Å². The Morgan fingerprint density at radius 1 is 1.05 bits per heavy atom. The Bertz CT molecular complexity index is 1210. The second-order valence-electron chi connectivity index (χ2n) is 10.0. The molecule has 0 aromatic carbocycles. The van der Waals surface area contributed by atoms with Crippen molar-refractivity contribution in [1.29, 1.82) is 0 Å². The summed E-state index contributed by atoms with van der Waals surface area (Å²) in [5, 5.41) is 3.21. The lowest BCUT2D eigenvalue weighted by atomic mass is 10.0. The van der Waals surface area contributed by atoms with Gasteiger partial charge in [0.2, 0.25) is 5.95 Å². The van der Waals surface area contributed by atoms with Gasteiger partial charge in [-0.2, -0.15) is 13.2 Å². The summed E-state index contributed by atoms with van der Waals surface area (Å²) in [6.07, 6.45) is 4.73. The van der Waals surface area contributed by atoms with Crippen LogP contribution >= 0.6 is 0 Å². The number of carbonyl (C=O) groups is 1. The van der Waals surface area contributed by atoms with Gasteiger partial charge >= 0.3 is 12.2 Å². The minimum atomic E-state index is -4.47. The molecule has 2 atom stereocenters. The Hall–Kier alpha value is -3.41. The lowest BCUT2D eigenvalue weighted by Crippen LogP contribution is -2.62. The van der Waals surface area contributed by atoms with Gasteiger partial charge in [-0.25, -0.2) is 19.7 Å². The number of alkyl halides is 3. The molecule has 0 spiro atoms. The van der Waals surface area contributed by atoms with Crippen LogP contribution in [0.1, 0.15) is 37.8 Å². The number of piperazine rings is 1. The standard InChI is InChI=1S/C25H31F3N8O/c1-17-13-35(23-30-11-20(12-31-23)25(26,27)28)14-18(2)36(17)24(37)32-21-5-8-33(9-6-21)15-19-3-4-22-29-7-10-34(22)16-19/h3-4,7,10-12,16-18,21H,5-6,8-9,13-15H2,1-2H3,(H,32,37)/t17-,18+. The number of pyridine rings is 1. The molecule has 0 bridgehead atoms. The predicted molar refractivity (Wildman–Crippen MR) is 132 cm³/mol. The summed E-state index contributed by atoms with van der Waals surface area (Å²) in [4.78, 5) is 31.3. The highest BCUT2D eigenvalue weighted by molar-refractivity contribution is 5.75. The zero-order valence-electron chi connectivity index (χ0n) is 20.9. The number of rotatable bonds is 4. The first kappa shape index (κ1) is 25.2. The van der Waals surface area contributed by atoms with Crippen molar-refractivity contribution in [3.63, 3.8) is 0 Å². The fourth-order valence-electron chi connectivity index (χ4n) is 5.32. The van der Waals surface area contributed by atoms with Crippen LogP contribution in [0.25, 0.3) is 5.65 Å². The topological polar surface area (TPSA) is 81.9 Å². The monoisotopic (exact) mass is 516 g/mol. The summed E-state index contributed by atoms with van der Waals surface area (Å²) in [5.74, 6) is 0.242. The maximum atomic E-state index is 13.2. The molecule has 5 heterocycles. The van der Waals surface area contributed by atoms with E-state index in [4.69, 9.17) is 0 Å². The van der Waals surface area contributed by atoms with Crippen molar-refractivity contribution in [3.8, 4) is 0 Å². The number of urea groups is 1. The highest BCUT2D eigenvalue weighted by Gasteiger charge is 2.36. The van der Waals surface area contributed by atoms with Gasteiger partial charge in [0.15, 0.2) is 0 Å². The molecule has 0 aliphatic carbocycles. The van der Waals surface area contributed by atoms with Crippen molar-refractivity contribution >= 4 is 17.6 Å². The summed E-state index contributed by atoms with van der Waals surface area (Å²) >= 11 is 0. The smallest absolute Gasteiger partial charge is 0.337 e. The molecule has 5 rings (SSSR count). The fraction of sp³-hybridized carbons (Fsp3) is 0.520. The van der Waals surface area contributed by atoms with E-state index in [2.05, 4.69) is 37.4 Å². The zero-order chi connectivity index (χ0) is 26.2. The lowest BCUT2D eigenvalue weighted by molar-refractivity contribution is -0.138. The number of fused-ring (bicyclic) bond motifs is 1. The summed E-state index contributed by atoms with van der Waals surface area (Å²) in [5.41, 5.74) is 1.28. The molecule has 2 saturated heterocycles. The molecule has 0 radical (unpaired) electrons. The number of hydrogen-bond donors (Lipinski definition) is 1. The number of imidazole rings is 1. The summed E-state index contributed by atoms with van der Waals surface area (Å²) < 4.78 is 40.5. The number of nitrogens with zero attached hydrogens (tertiary/aromatic N) is 7. The number of amides is 2. The van der Waals surface area contributed by atoms with E-state index in [-0.39, 0.29) is 30.1 Å². The van der Waals surface area contributed by atoms with Crippen LogP contribution in [0.15, 0.2) is 43.1 Å². The Kier molecular flexibility index (Phi) is 6.93. The number of piperidine rings is 1. The highest BCUT2D eigenvalue weighted by atomic mass is 19.4. The molecule has 9 nitrogen and oxygen atoms in total. The van der Waals surface area contributed by atoms with Gasteiger partial charge in [0.25, 0.3) is 0 Å². The van der Waals surface area contributed by atoms with Crippen molar-refractivity contribution in [2.75, 3.05) is 31.1 Å². The first-order chi connectivity index (χ1) is 17.7. The molecule has 0 saturated carbocycles. The van der Waals surface area contributed by atoms with E-state index < -0.39 is 11.7 Å². The molecular formula is C25H31F3N8O. The van der Waals surface area contributed by atoms with E-state index in [1.54, 1.807) is 6.20 Å². The molecule has 2 fully saturated rings. The first-order valence-corrected chi connectivity index (χ1v) is 12.5. The van der Waals surface area contributed by atoms with Gasteiger partial charge in [-0.1, -0.05) is 6.07 Å². The molecular weight excluding hydrogens is 485 g/mol. The van der Waals surface area contributed by atoms with Gasteiger partial charge in [0.05, 0.1) is 5.56 Å². The molecule has 2 amide bonds. The lowest BCUT2D eigenvalue weighted by Gasteiger charge is -2.45. The zero-order valence-corrected chi connectivity index (χ0v) is 20.9. The van der Waals surface area contributed by atoms with Crippen molar-refractivity contribution in [2.24, 2.45) is 0 Å². The minimum Gasteiger partial charge on any atom is -0.337 e. The third kappa shape index (κ3) is 5.63. The molecule has 198 valence electrons. The van der Waals surface area contributed by atoms with Gasteiger partial charge in [-0.15, -0.1) is 0 Å². The Morgan fingerprint density at radius 3 is 2.38 bits per heavy atom. The van der Waals surface area contributed by atoms with E-state index in [0.29, 0.717) is 13.1 Å². The quantitative estimate of drug-likeness (QED) is 0.573. The second-order valence-corrected chi connectivity index (χ2v) is 10.0. The molecule has 37 heavy (non-hydrogen) atoms. The van der Waals surface area contributed by atoms with Gasteiger partial charge < -0.3 is 19.5 Å². The highest BCUT2D eigenvalue weighted by Crippen LogP contribution is 2.29. The maximum Gasteiger partial charge on any atom is 0.419 e. The normalized spacial score (nSPS) is 22.0. The average Bonchev–Trinajstić information content (AvgIpc) is 3.32. The summed E-state index contributed by atoms with van der Waals surface area (Å²) in [6.45, 7) is 7.43. The SMILES string of the molecule is C[C@@H]1CN(c2ncc(C(F)(F)F)cn2)C[C@H](C)N1C(=O)NC1CCN(Cc2ccc3nccn3c2)CC1. The fourth-order valence-corrected chi connectivity index (χ4v) is 5.32. The van der Waals surface area contributed by atoms with Crippen LogP contribution in [0.4, 0.5) is 23.9 Å². The molecule has 1 N–H and O–H groups in total. The van der Waals surface area contributed by atoms with Crippen LogP contribution in [0.5, 0.6) is 0 Å². The molecule has 0 unspecified atom stereocenters. The number of anilines is 1. The van der Waals surface area contributed by atoms with Crippen LogP contribution in [0.3, 0.4) is 0 Å². The van der Waals surface area contributed by atoms with Crippen molar-refractivity contribution in [3.05, 3.63) is 54.2 Å². The third-order valence-electron chi connectivity index (χ3n) is 7.17. The molecule has 2 aliphatic rings. The van der Waals surface area contributed by atoms with E-state index in [9.17, 15) is 18.0 Å². The van der Waals surface area contributed by atoms with E-state index in [0.717, 1.165) is 50.5 Å². The maximum absolute atomic E-state index is 13.2. The molecule has 12 heteroatoms. The van der Waals surface area contributed by atoms with Gasteiger partial charge in [-0.05, 0) is 38.3 Å². The Balaban J connectivity index is 1.12. The predicted octanol–water partition coefficient (Wildman–Crippen LogP) is 3.42. The van der Waals surface area contributed by atoms with E-state index in [1.165, 1.54) is 5.56 Å². The van der Waals surface area contributed by atoms with Crippen LogP contribution in [-0.2, 0) is 12.7 Å². The van der Waals surface area contributed by atoms with Crippen LogP contribution in [0, 0.1) is 0 Å². The van der Waals surface area contributed by atoms with E-state index >= 15 is 0 Å². The minimum absolute atomic E-state index is 0.100. The van der Waals surface area contributed by atoms with Crippen LogP contribution in [0.2, 0.25) is 0 Å². The van der Waals surface area contributed by atoms with Crippen molar-refractivity contribution < 1.29 is 18.0 Å². The largest absolute Gasteiger partial charge is 0.419 e. The molecule has 3 aromatic heterocycles. The molecule has 3 aromatic rings. The van der Waals surface area contributed by atoms with E-state index in [1.807, 2.05) is 40.3 Å². The number of carbonyl (C=O) groups excluding carboxylic acids is 1. The molecule has 2 aliphatic heterocycles. The first-order valence-electron chi connectivity index (χ1n) is 12.5. The number of nitrogens with one attached hydrogen (secondary N) is 1. The third-order valence-corrected chi connectivity index (χ3v) is 7.17. The number of likely N-dealkylation sites (tertiary alicyclic amines) is 1. The van der Waals surface area contributed by atoms with Gasteiger partial charge in [0, 0.05) is 81.8 Å². The number of hydrogen-bond acceptors (Lipinski definition) is 6. The van der Waals surface area contributed by atoms with Crippen LogP contribution < -0.4 is 10.2 Å². The average molecular weight is 517 g/mol. The number of halogens is 3. The van der Waals surface area contributed by atoms with Crippen molar-refractivity contribution in [2.45, 2.75) is 57.5 Å². The van der Waals surface area contributed by atoms with Crippen molar-refractivity contribution in [1.82, 2.24) is 34.5 Å². The van der Waals surface area contributed by atoms with Crippen LogP contribution in [-0.4, -0.2) is 79.5 Å². The Morgan fingerprint density at radius 2 is 1.73 bits per heavy atom. The summed E-state index contributed by atoms with van der Waals surface area (Å²) in [6, 6.07) is 3.84. The van der Waals surface area contributed by atoms with Gasteiger partial charge in [0.1, 0.15) is 5.65 Å². The number of aromatic nitrogens is 4. The second kappa shape index (κ2) is 10.2. The summed E-state index contributed by atoms with van der Waals surface area (Å²) in [7, 11) is 0.